The normalized spacial score (nSPS) is 20.8. The van der Waals surface area contributed by atoms with Crippen molar-refractivity contribution in [2.45, 2.75) is 26.0 Å². The van der Waals surface area contributed by atoms with Crippen molar-refractivity contribution in [2.75, 3.05) is 19.7 Å². The zero-order valence-electron chi connectivity index (χ0n) is 11.8. The van der Waals surface area contributed by atoms with Crippen LogP contribution in [0.2, 0.25) is 0 Å². The van der Waals surface area contributed by atoms with E-state index in [4.69, 9.17) is 4.74 Å². The molecular formula is C15H20N4O. The van der Waals surface area contributed by atoms with Gasteiger partial charge in [-0.1, -0.05) is 12.1 Å². The van der Waals surface area contributed by atoms with Gasteiger partial charge in [-0.2, -0.15) is 5.10 Å². The Labute approximate surface area is 119 Å². The molecule has 1 atom stereocenters. The van der Waals surface area contributed by atoms with Gasteiger partial charge in [0, 0.05) is 26.2 Å². The van der Waals surface area contributed by atoms with E-state index in [1.165, 1.54) is 5.56 Å². The Balaban J connectivity index is 1.65. The Kier molecular flexibility index (Phi) is 4.08. The van der Waals surface area contributed by atoms with Crippen molar-refractivity contribution in [3.8, 4) is 5.69 Å². The van der Waals surface area contributed by atoms with Gasteiger partial charge in [0.15, 0.2) is 0 Å². The molecule has 0 N–H and O–H groups in total. The third-order valence-electron chi connectivity index (χ3n) is 3.56. The fourth-order valence-electron chi connectivity index (χ4n) is 2.58. The third kappa shape index (κ3) is 3.23. The summed E-state index contributed by atoms with van der Waals surface area (Å²) in [6, 6.07) is 8.49. The van der Waals surface area contributed by atoms with Crippen LogP contribution in [0.15, 0.2) is 36.9 Å². The summed E-state index contributed by atoms with van der Waals surface area (Å²) in [6.07, 6.45) is 4.70. The smallest absolute Gasteiger partial charge is 0.138 e. The molecule has 0 aliphatic carbocycles. The Hall–Kier alpha value is -1.72. The predicted octanol–water partition coefficient (Wildman–Crippen LogP) is 1.88. The summed E-state index contributed by atoms with van der Waals surface area (Å²) >= 11 is 0. The maximum Gasteiger partial charge on any atom is 0.138 e. The van der Waals surface area contributed by atoms with Crippen LogP contribution >= 0.6 is 0 Å². The molecule has 106 valence electrons. The SMILES string of the molecule is CC1CN(Cc2ccc(-n3cncn3)cc2)CCCO1. The van der Waals surface area contributed by atoms with Crippen molar-refractivity contribution in [3.05, 3.63) is 42.5 Å². The second kappa shape index (κ2) is 6.15. The molecule has 0 radical (unpaired) electrons. The van der Waals surface area contributed by atoms with E-state index >= 15 is 0 Å². The molecular weight excluding hydrogens is 252 g/mol. The van der Waals surface area contributed by atoms with Crippen LogP contribution in [0.25, 0.3) is 5.69 Å². The maximum atomic E-state index is 5.68. The van der Waals surface area contributed by atoms with Crippen LogP contribution in [-0.2, 0) is 11.3 Å². The van der Waals surface area contributed by atoms with E-state index in [0.29, 0.717) is 6.10 Å². The molecule has 2 heterocycles. The lowest BCUT2D eigenvalue weighted by Gasteiger charge is -2.21. The first kappa shape index (κ1) is 13.3. The minimum atomic E-state index is 0.326. The Bertz CT molecular complexity index is 523. The number of benzene rings is 1. The van der Waals surface area contributed by atoms with Crippen molar-refractivity contribution in [3.63, 3.8) is 0 Å². The Morgan fingerprint density at radius 2 is 2.15 bits per heavy atom. The molecule has 3 rings (SSSR count). The van der Waals surface area contributed by atoms with Crippen LogP contribution in [0.3, 0.4) is 0 Å². The highest BCUT2D eigenvalue weighted by molar-refractivity contribution is 5.33. The van der Waals surface area contributed by atoms with Gasteiger partial charge in [0.1, 0.15) is 12.7 Å². The second-order valence-corrected chi connectivity index (χ2v) is 5.28. The molecule has 0 spiro atoms. The summed E-state index contributed by atoms with van der Waals surface area (Å²) < 4.78 is 7.45. The molecule has 5 nitrogen and oxygen atoms in total. The molecule has 1 saturated heterocycles. The highest BCUT2D eigenvalue weighted by Crippen LogP contribution is 2.13. The van der Waals surface area contributed by atoms with Crippen LogP contribution in [0.4, 0.5) is 0 Å². The molecule has 1 fully saturated rings. The second-order valence-electron chi connectivity index (χ2n) is 5.28. The molecule has 2 aromatic rings. The van der Waals surface area contributed by atoms with Gasteiger partial charge in [-0.15, -0.1) is 0 Å². The number of hydrogen-bond donors (Lipinski definition) is 0. The number of rotatable bonds is 3. The average Bonchev–Trinajstić information content (AvgIpc) is 2.91. The first-order valence-corrected chi connectivity index (χ1v) is 7.09. The largest absolute Gasteiger partial charge is 0.377 e. The lowest BCUT2D eigenvalue weighted by atomic mass is 10.2. The van der Waals surface area contributed by atoms with E-state index in [9.17, 15) is 0 Å². The highest BCUT2D eigenvalue weighted by atomic mass is 16.5. The molecule has 0 bridgehead atoms. The van der Waals surface area contributed by atoms with Crippen molar-refractivity contribution in [1.82, 2.24) is 19.7 Å². The quantitative estimate of drug-likeness (QED) is 0.855. The number of ether oxygens (including phenoxy) is 1. The molecule has 0 saturated carbocycles. The number of aromatic nitrogens is 3. The summed E-state index contributed by atoms with van der Waals surface area (Å²) in [5, 5.41) is 4.13. The topological polar surface area (TPSA) is 43.2 Å². The van der Waals surface area contributed by atoms with Crippen LogP contribution < -0.4 is 0 Å². The number of hydrogen-bond acceptors (Lipinski definition) is 4. The van der Waals surface area contributed by atoms with Gasteiger partial charge >= 0.3 is 0 Å². The summed E-state index contributed by atoms with van der Waals surface area (Å²) in [5.74, 6) is 0. The molecule has 0 amide bonds. The fraction of sp³-hybridized carbons (Fsp3) is 0.467. The highest BCUT2D eigenvalue weighted by Gasteiger charge is 2.14. The molecule has 1 aliphatic rings. The summed E-state index contributed by atoms with van der Waals surface area (Å²) in [7, 11) is 0. The maximum absolute atomic E-state index is 5.68. The van der Waals surface area contributed by atoms with Crippen molar-refractivity contribution in [2.24, 2.45) is 0 Å². The summed E-state index contributed by atoms with van der Waals surface area (Å²) in [4.78, 5) is 6.42. The van der Waals surface area contributed by atoms with Crippen molar-refractivity contribution >= 4 is 0 Å². The van der Waals surface area contributed by atoms with Gasteiger partial charge in [0.25, 0.3) is 0 Å². The van der Waals surface area contributed by atoms with Gasteiger partial charge in [-0.25, -0.2) is 9.67 Å². The molecule has 1 aliphatic heterocycles. The zero-order chi connectivity index (χ0) is 13.8. The monoisotopic (exact) mass is 272 g/mol. The van der Waals surface area contributed by atoms with Crippen LogP contribution in [0.1, 0.15) is 18.9 Å². The van der Waals surface area contributed by atoms with E-state index in [2.05, 4.69) is 46.2 Å². The van der Waals surface area contributed by atoms with E-state index in [1.807, 2.05) is 0 Å². The van der Waals surface area contributed by atoms with Crippen LogP contribution in [0, 0.1) is 0 Å². The molecule has 1 unspecified atom stereocenters. The minimum Gasteiger partial charge on any atom is -0.377 e. The standard InChI is InChI=1S/C15H20N4O/c1-13-9-18(7-2-8-20-13)10-14-3-5-15(6-4-14)19-12-16-11-17-19/h3-6,11-13H,2,7-10H2,1H3. The first-order chi connectivity index (χ1) is 9.81. The first-order valence-electron chi connectivity index (χ1n) is 7.09. The van der Waals surface area contributed by atoms with Gasteiger partial charge in [-0.3, -0.25) is 4.90 Å². The lowest BCUT2D eigenvalue weighted by molar-refractivity contribution is 0.0668. The van der Waals surface area contributed by atoms with E-state index in [-0.39, 0.29) is 0 Å². The van der Waals surface area contributed by atoms with E-state index < -0.39 is 0 Å². The average molecular weight is 272 g/mol. The van der Waals surface area contributed by atoms with Crippen LogP contribution in [0.5, 0.6) is 0 Å². The summed E-state index contributed by atoms with van der Waals surface area (Å²) in [6.45, 7) is 6.11. The molecule has 20 heavy (non-hydrogen) atoms. The third-order valence-corrected chi connectivity index (χ3v) is 3.56. The van der Waals surface area contributed by atoms with Gasteiger partial charge in [-0.05, 0) is 31.0 Å². The van der Waals surface area contributed by atoms with Gasteiger partial charge in [0.05, 0.1) is 11.8 Å². The fourth-order valence-corrected chi connectivity index (χ4v) is 2.58. The molecule has 1 aromatic carbocycles. The number of nitrogens with zero attached hydrogens (tertiary/aromatic N) is 4. The molecule has 1 aromatic heterocycles. The van der Waals surface area contributed by atoms with Gasteiger partial charge < -0.3 is 4.74 Å². The van der Waals surface area contributed by atoms with Crippen molar-refractivity contribution in [1.29, 1.82) is 0 Å². The van der Waals surface area contributed by atoms with E-state index in [0.717, 1.165) is 38.3 Å². The Morgan fingerprint density at radius 3 is 2.90 bits per heavy atom. The van der Waals surface area contributed by atoms with Gasteiger partial charge in [0.2, 0.25) is 0 Å². The Morgan fingerprint density at radius 1 is 1.30 bits per heavy atom. The van der Waals surface area contributed by atoms with Crippen molar-refractivity contribution < 1.29 is 4.74 Å². The minimum absolute atomic E-state index is 0.326. The van der Waals surface area contributed by atoms with Crippen LogP contribution in [-0.4, -0.2) is 45.5 Å². The lowest BCUT2D eigenvalue weighted by Crippen LogP contribution is -2.29. The van der Waals surface area contributed by atoms with E-state index in [1.54, 1.807) is 17.3 Å². The predicted molar refractivity (Wildman–Crippen MR) is 76.7 cm³/mol. The summed E-state index contributed by atoms with van der Waals surface area (Å²) in [5.41, 5.74) is 2.36. The molecule has 5 heteroatoms. The zero-order valence-corrected chi connectivity index (χ0v) is 11.8.